The van der Waals surface area contributed by atoms with Crippen LogP contribution in [-0.2, 0) is 6.54 Å². The summed E-state index contributed by atoms with van der Waals surface area (Å²) >= 11 is 0. The van der Waals surface area contributed by atoms with E-state index in [1.165, 1.54) is 25.0 Å². The number of rotatable bonds is 6. The predicted molar refractivity (Wildman–Crippen MR) is 114 cm³/mol. The number of aliphatic imine (C=N–C) groups is 1. The molecule has 0 aromatic heterocycles. The number of hydrogen-bond acceptors (Lipinski definition) is 3. The van der Waals surface area contributed by atoms with Gasteiger partial charge in [-0.3, -0.25) is 4.90 Å². The number of nitriles is 1. The van der Waals surface area contributed by atoms with Crippen LogP contribution >= 0.6 is 24.0 Å². The molecule has 26 heavy (non-hydrogen) atoms. The minimum Gasteiger partial charge on any atom is -0.357 e. The Labute approximate surface area is 173 Å². The highest BCUT2D eigenvalue weighted by Gasteiger charge is 2.24. The van der Waals surface area contributed by atoms with Gasteiger partial charge in [0.25, 0.3) is 0 Å². The molecule has 0 bridgehead atoms. The molecule has 1 aliphatic rings. The van der Waals surface area contributed by atoms with Crippen molar-refractivity contribution in [1.29, 1.82) is 5.26 Å². The van der Waals surface area contributed by atoms with Gasteiger partial charge < -0.3 is 10.2 Å². The lowest BCUT2D eigenvalue weighted by molar-refractivity contribution is 0.232. The molecule has 0 amide bonds. The molecule has 1 N–H and O–H groups in total. The summed E-state index contributed by atoms with van der Waals surface area (Å²) in [4.78, 5) is 9.19. The lowest BCUT2D eigenvalue weighted by Gasteiger charge is -2.29. The summed E-state index contributed by atoms with van der Waals surface area (Å²) in [6.45, 7) is 8.33. The lowest BCUT2D eigenvalue weighted by Crippen LogP contribution is -2.45. The number of hydrogen-bond donors (Lipinski definition) is 1. The van der Waals surface area contributed by atoms with E-state index in [0.29, 0.717) is 17.2 Å². The highest BCUT2D eigenvalue weighted by molar-refractivity contribution is 14.0. The second-order valence-corrected chi connectivity index (χ2v) is 6.39. The molecule has 1 aliphatic heterocycles. The van der Waals surface area contributed by atoms with Crippen LogP contribution in [-0.4, -0.2) is 55.0 Å². The van der Waals surface area contributed by atoms with Gasteiger partial charge in [-0.2, -0.15) is 5.26 Å². The molecule has 7 heteroatoms. The van der Waals surface area contributed by atoms with Gasteiger partial charge in [-0.25, -0.2) is 9.38 Å². The van der Waals surface area contributed by atoms with Crippen LogP contribution in [0.2, 0.25) is 0 Å². The zero-order chi connectivity index (χ0) is 18.2. The maximum Gasteiger partial charge on any atom is 0.194 e. The van der Waals surface area contributed by atoms with Gasteiger partial charge >= 0.3 is 0 Å². The number of benzene rings is 1. The molecule has 1 aromatic rings. The van der Waals surface area contributed by atoms with Gasteiger partial charge in [-0.05, 0) is 51.1 Å². The molecule has 0 aliphatic carbocycles. The number of likely N-dealkylation sites (tertiary alicyclic amines) is 1. The van der Waals surface area contributed by atoms with E-state index in [9.17, 15) is 4.39 Å². The molecular formula is C19H29FIN5. The van der Waals surface area contributed by atoms with Crippen LogP contribution in [0.25, 0.3) is 0 Å². The standard InChI is InChI=1S/C19H28FN5.HI/c1-4-22-19(24(3)14-17-7-6-10-25(17)5-2)23-13-16-11-15(12-21)8-9-18(16)20;/h8-9,11,17H,4-7,10,13-14H2,1-3H3,(H,22,23);1H. The van der Waals surface area contributed by atoms with Crippen LogP contribution in [0.15, 0.2) is 23.2 Å². The number of halogens is 2. The Kier molecular flexibility index (Phi) is 9.88. The second-order valence-electron chi connectivity index (χ2n) is 6.39. The highest BCUT2D eigenvalue weighted by Crippen LogP contribution is 2.17. The maximum atomic E-state index is 13.9. The van der Waals surface area contributed by atoms with E-state index in [1.807, 2.05) is 20.0 Å². The molecule has 0 spiro atoms. The summed E-state index contributed by atoms with van der Waals surface area (Å²) in [6, 6.07) is 6.97. The van der Waals surface area contributed by atoms with Crippen molar-refractivity contribution in [3.63, 3.8) is 0 Å². The van der Waals surface area contributed by atoms with Gasteiger partial charge in [0.1, 0.15) is 5.82 Å². The fourth-order valence-corrected chi connectivity index (χ4v) is 3.32. The fraction of sp³-hybridized carbons (Fsp3) is 0.579. The van der Waals surface area contributed by atoms with Crippen molar-refractivity contribution < 1.29 is 4.39 Å². The van der Waals surface area contributed by atoms with E-state index in [4.69, 9.17) is 5.26 Å². The Morgan fingerprint density at radius 1 is 1.46 bits per heavy atom. The van der Waals surface area contributed by atoms with Crippen LogP contribution in [0.1, 0.15) is 37.8 Å². The van der Waals surface area contributed by atoms with Gasteiger partial charge in [0.2, 0.25) is 0 Å². The van der Waals surface area contributed by atoms with E-state index in [1.54, 1.807) is 6.07 Å². The monoisotopic (exact) mass is 473 g/mol. The highest BCUT2D eigenvalue weighted by atomic mass is 127. The number of guanidine groups is 1. The molecule has 1 atom stereocenters. The summed E-state index contributed by atoms with van der Waals surface area (Å²) in [6.07, 6.45) is 2.45. The van der Waals surface area contributed by atoms with Crippen molar-refractivity contribution in [3.8, 4) is 6.07 Å². The normalized spacial score (nSPS) is 17.5. The average molecular weight is 473 g/mol. The van der Waals surface area contributed by atoms with Crippen molar-refractivity contribution in [3.05, 3.63) is 35.1 Å². The second kappa shape index (κ2) is 11.3. The van der Waals surface area contributed by atoms with Gasteiger partial charge in [0, 0.05) is 31.7 Å². The zero-order valence-electron chi connectivity index (χ0n) is 15.8. The molecular weight excluding hydrogens is 444 g/mol. The quantitative estimate of drug-likeness (QED) is 0.392. The van der Waals surface area contributed by atoms with E-state index < -0.39 is 0 Å². The van der Waals surface area contributed by atoms with Gasteiger partial charge in [0.15, 0.2) is 5.96 Å². The third-order valence-electron chi connectivity index (χ3n) is 4.66. The summed E-state index contributed by atoms with van der Waals surface area (Å²) in [5.74, 6) is 0.446. The van der Waals surface area contributed by atoms with Crippen LogP contribution in [0.3, 0.4) is 0 Å². The molecule has 1 unspecified atom stereocenters. The largest absolute Gasteiger partial charge is 0.357 e. The molecule has 1 saturated heterocycles. The first-order chi connectivity index (χ1) is 12.1. The molecule has 1 fully saturated rings. The lowest BCUT2D eigenvalue weighted by atomic mass is 10.1. The van der Waals surface area contributed by atoms with Crippen LogP contribution < -0.4 is 5.32 Å². The Balaban J connectivity index is 0.00000338. The summed E-state index contributed by atoms with van der Waals surface area (Å²) < 4.78 is 13.9. The smallest absolute Gasteiger partial charge is 0.194 e. The van der Waals surface area contributed by atoms with E-state index in [-0.39, 0.29) is 36.3 Å². The minimum absolute atomic E-state index is 0. The van der Waals surface area contributed by atoms with Crippen molar-refractivity contribution in [1.82, 2.24) is 15.1 Å². The van der Waals surface area contributed by atoms with Gasteiger partial charge in [-0.15, -0.1) is 24.0 Å². The summed E-state index contributed by atoms with van der Waals surface area (Å²) in [7, 11) is 2.02. The third-order valence-corrected chi connectivity index (χ3v) is 4.66. The predicted octanol–water partition coefficient (Wildman–Crippen LogP) is 3.20. The first kappa shape index (κ1) is 22.6. The average Bonchev–Trinajstić information content (AvgIpc) is 3.06. The number of nitrogens with one attached hydrogen (secondary N) is 1. The SMILES string of the molecule is CCNC(=NCc1cc(C#N)ccc1F)N(C)CC1CCCN1CC.I. The third kappa shape index (κ3) is 6.09. The van der Waals surface area contributed by atoms with Crippen molar-refractivity contribution in [2.45, 2.75) is 39.3 Å². The molecule has 1 aromatic carbocycles. The van der Waals surface area contributed by atoms with Crippen molar-refractivity contribution in [2.75, 3.05) is 33.2 Å². The summed E-state index contributed by atoms with van der Waals surface area (Å²) in [5, 5.41) is 12.3. The Bertz CT molecular complexity index is 643. The Morgan fingerprint density at radius 2 is 2.23 bits per heavy atom. The molecule has 2 rings (SSSR count). The first-order valence-corrected chi connectivity index (χ1v) is 9.01. The number of likely N-dealkylation sites (N-methyl/N-ethyl adjacent to an activating group) is 2. The maximum absolute atomic E-state index is 13.9. The van der Waals surface area contributed by atoms with E-state index >= 15 is 0 Å². The molecule has 144 valence electrons. The van der Waals surface area contributed by atoms with Crippen LogP contribution in [0, 0.1) is 17.1 Å². The Morgan fingerprint density at radius 3 is 2.88 bits per heavy atom. The van der Waals surface area contributed by atoms with E-state index in [0.717, 1.165) is 32.1 Å². The van der Waals surface area contributed by atoms with Crippen LogP contribution in [0.5, 0.6) is 0 Å². The molecule has 0 saturated carbocycles. The topological polar surface area (TPSA) is 54.7 Å². The van der Waals surface area contributed by atoms with Gasteiger partial charge in [0.05, 0.1) is 18.2 Å². The summed E-state index contributed by atoms with van der Waals surface area (Å²) in [5.41, 5.74) is 0.897. The molecule has 1 heterocycles. The van der Waals surface area contributed by atoms with Crippen molar-refractivity contribution >= 4 is 29.9 Å². The Hall–Kier alpha value is -1.40. The van der Waals surface area contributed by atoms with E-state index in [2.05, 4.69) is 27.0 Å². The molecule has 5 nitrogen and oxygen atoms in total. The fourth-order valence-electron chi connectivity index (χ4n) is 3.32. The molecule has 0 radical (unpaired) electrons. The first-order valence-electron chi connectivity index (χ1n) is 9.01. The number of nitrogens with zero attached hydrogens (tertiary/aromatic N) is 4. The zero-order valence-corrected chi connectivity index (χ0v) is 18.2. The van der Waals surface area contributed by atoms with Crippen LogP contribution in [0.4, 0.5) is 4.39 Å². The van der Waals surface area contributed by atoms with Crippen molar-refractivity contribution in [2.24, 2.45) is 4.99 Å². The minimum atomic E-state index is -0.325. The van der Waals surface area contributed by atoms with Gasteiger partial charge in [-0.1, -0.05) is 6.92 Å².